The number of halogens is 3. The summed E-state index contributed by atoms with van der Waals surface area (Å²) in [7, 11) is 0. The van der Waals surface area contributed by atoms with Gasteiger partial charge in [0.1, 0.15) is 6.17 Å². The highest BCUT2D eigenvalue weighted by atomic mass is 19.4. The fourth-order valence-corrected chi connectivity index (χ4v) is 2.93. The van der Waals surface area contributed by atoms with Gasteiger partial charge in [-0.05, 0) is 12.5 Å². The van der Waals surface area contributed by atoms with Crippen LogP contribution in [-0.4, -0.2) is 36.6 Å². The van der Waals surface area contributed by atoms with E-state index in [-0.39, 0.29) is 24.1 Å². The summed E-state index contributed by atoms with van der Waals surface area (Å²) < 4.78 is 44.7. The molecule has 2 atom stereocenters. The van der Waals surface area contributed by atoms with Crippen molar-refractivity contribution in [3.63, 3.8) is 0 Å². The van der Waals surface area contributed by atoms with E-state index in [9.17, 15) is 18.0 Å². The lowest BCUT2D eigenvalue weighted by molar-refractivity contribution is -0.140. The van der Waals surface area contributed by atoms with Crippen LogP contribution in [0, 0.1) is 0 Å². The maximum atomic E-state index is 13.1. The SMILES string of the molecule is O=C1CNC(c2ccccc2C(F)(F)F)N1C1CCOC1. The molecule has 1 aromatic carbocycles. The molecule has 0 spiro atoms. The van der Waals surface area contributed by atoms with Gasteiger partial charge in [-0.25, -0.2) is 0 Å². The van der Waals surface area contributed by atoms with Crippen molar-refractivity contribution in [2.45, 2.75) is 24.8 Å². The highest BCUT2D eigenvalue weighted by Gasteiger charge is 2.42. The van der Waals surface area contributed by atoms with E-state index < -0.39 is 17.9 Å². The van der Waals surface area contributed by atoms with Crippen molar-refractivity contribution < 1.29 is 22.7 Å². The van der Waals surface area contributed by atoms with Crippen molar-refractivity contribution in [2.24, 2.45) is 0 Å². The Morgan fingerprint density at radius 3 is 2.71 bits per heavy atom. The monoisotopic (exact) mass is 300 g/mol. The van der Waals surface area contributed by atoms with Crippen LogP contribution < -0.4 is 5.32 Å². The molecule has 2 heterocycles. The molecule has 2 aliphatic rings. The first kappa shape index (κ1) is 14.3. The summed E-state index contributed by atoms with van der Waals surface area (Å²) in [5.74, 6) is -0.188. The zero-order chi connectivity index (χ0) is 15.0. The predicted molar refractivity (Wildman–Crippen MR) is 68.3 cm³/mol. The Kier molecular flexibility index (Phi) is 3.62. The van der Waals surface area contributed by atoms with Crippen LogP contribution in [0.1, 0.15) is 23.7 Å². The molecule has 2 fully saturated rings. The van der Waals surface area contributed by atoms with Gasteiger partial charge in [0.25, 0.3) is 0 Å². The molecule has 114 valence electrons. The summed E-state index contributed by atoms with van der Waals surface area (Å²) in [4.78, 5) is 13.5. The molecule has 3 rings (SSSR count). The standard InChI is InChI=1S/C14H15F3N2O2/c15-14(16,17)11-4-2-1-3-10(11)13-18-7-12(20)19(13)9-5-6-21-8-9/h1-4,9,13,18H,5-8H2. The molecule has 0 radical (unpaired) electrons. The number of ether oxygens (including phenoxy) is 1. The van der Waals surface area contributed by atoms with Crippen LogP contribution in [0.5, 0.6) is 0 Å². The summed E-state index contributed by atoms with van der Waals surface area (Å²) >= 11 is 0. The van der Waals surface area contributed by atoms with Crippen molar-refractivity contribution in [2.75, 3.05) is 19.8 Å². The van der Waals surface area contributed by atoms with E-state index in [0.717, 1.165) is 6.07 Å². The summed E-state index contributed by atoms with van der Waals surface area (Å²) in [5.41, 5.74) is -0.621. The molecule has 21 heavy (non-hydrogen) atoms. The third-order valence-electron chi connectivity index (χ3n) is 3.87. The van der Waals surface area contributed by atoms with Gasteiger partial charge in [0.15, 0.2) is 0 Å². The molecule has 1 amide bonds. The zero-order valence-corrected chi connectivity index (χ0v) is 11.2. The van der Waals surface area contributed by atoms with Gasteiger partial charge in [-0.2, -0.15) is 13.2 Å². The molecule has 0 saturated carbocycles. The molecule has 0 bridgehead atoms. The van der Waals surface area contributed by atoms with Crippen molar-refractivity contribution in [1.29, 1.82) is 0 Å². The predicted octanol–water partition coefficient (Wildman–Crippen LogP) is 1.92. The second kappa shape index (κ2) is 5.31. The van der Waals surface area contributed by atoms with Gasteiger partial charge in [0, 0.05) is 12.2 Å². The van der Waals surface area contributed by atoms with E-state index in [1.807, 2.05) is 0 Å². The first-order chi connectivity index (χ1) is 9.98. The van der Waals surface area contributed by atoms with Crippen LogP contribution in [0.25, 0.3) is 0 Å². The maximum Gasteiger partial charge on any atom is 0.416 e. The van der Waals surface area contributed by atoms with Gasteiger partial charge in [-0.3, -0.25) is 10.1 Å². The number of hydrogen-bond acceptors (Lipinski definition) is 3. The van der Waals surface area contributed by atoms with Crippen LogP contribution in [0.2, 0.25) is 0 Å². The van der Waals surface area contributed by atoms with E-state index in [1.54, 1.807) is 6.07 Å². The first-order valence-electron chi connectivity index (χ1n) is 6.77. The number of benzene rings is 1. The minimum absolute atomic E-state index is 0.0490. The van der Waals surface area contributed by atoms with Gasteiger partial charge in [0.05, 0.1) is 24.8 Å². The zero-order valence-electron chi connectivity index (χ0n) is 11.2. The van der Waals surface area contributed by atoms with E-state index in [2.05, 4.69) is 5.32 Å². The summed E-state index contributed by atoms with van der Waals surface area (Å²) in [6.07, 6.45) is -4.54. The summed E-state index contributed by atoms with van der Waals surface area (Å²) in [6.45, 7) is 0.952. The van der Waals surface area contributed by atoms with Gasteiger partial charge in [-0.15, -0.1) is 0 Å². The average molecular weight is 300 g/mol. The molecule has 0 aromatic heterocycles. The molecular formula is C14H15F3N2O2. The Morgan fingerprint density at radius 1 is 1.29 bits per heavy atom. The largest absolute Gasteiger partial charge is 0.416 e. The molecular weight excluding hydrogens is 285 g/mol. The fourth-order valence-electron chi connectivity index (χ4n) is 2.93. The quantitative estimate of drug-likeness (QED) is 0.907. The minimum Gasteiger partial charge on any atom is -0.379 e. The van der Waals surface area contributed by atoms with Gasteiger partial charge < -0.3 is 9.64 Å². The normalized spacial score (nSPS) is 26.6. The number of hydrogen-bond donors (Lipinski definition) is 1. The lowest BCUT2D eigenvalue weighted by Gasteiger charge is -2.31. The molecule has 0 aliphatic carbocycles. The first-order valence-corrected chi connectivity index (χ1v) is 6.77. The Morgan fingerprint density at radius 2 is 2.05 bits per heavy atom. The van der Waals surface area contributed by atoms with Gasteiger partial charge in [-0.1, -0.05) is 18.2 Å². The number of carbonyl (C=O) groups excluding carboxylic acids is 1. The van der Waals surface area contributed by atoms with Gasteiger partial charge in [0.2, 0.25) is 5.91 Å². The minimum atomic E-state index is -4.44. The molecule has 4 nitrogen and oxygen atoms in total. The van der Waals surface area contributed by atoms with Crippen LogP contribution >= 0.6 is 0 Å². The summed E-state index contributed by atoms with van der Waals surface area (Å²) in [5, 5.41) is 2.88. The molecule has 7 heteroatoms. The van der Waals surface area contributed by atoms with E-state index in [4.69, 9.17) is 4.74 Å². The maximum absolute atomic E-state index is 13.1. The number of alkyl halides is 3. The lowest BCUT2D eigenvalue weighted by atomic mass is 10.0. The van der Waals surface area contributed by atoms with Gasteiger partial charge >= 0.3 is 6.18 Å². The highest BCUT2D eigenvalue weighted by molar-refractivity contribution is 5.81. The third-order valence-corrected chi connectivity index (χ3v) is 3.87. The molecule has 2 unspecified atom stereocenters. The second-order valence-electron chi connectivity index (χ2n) is 5.19. The van der Waals surface area contributed by atoms with Crippen molar-refractivity contribution >= 4 is 5.91 Å². The molecule has 2 saturated heterocycles. The van der Waals surface area contributed by atoms with Crippen LogP contribution in [-0.2, 0) is 15.7 Å². The third kappa shape index (κ3) is 2.63. The highest BCUT2D eigenvalue weighted by Crippen LogP contribution is 2.37. The lowest BCUT2D eigenvalue weighted by Crippen LogP contribution is -2.40. The Hall–Kier alpha value is -1.60. The van der Waals surface area contributed by atoms with Crippen LogP contribution in [0.3, 0.4) is 0 Å². The smallest absolute Gasteiger partial charge is 0.379 e. The topological polar surface area (TPSA) is 41.6 Å². The van der Waals surface area contributed by atoms with E-state index in [0.29, 0.717) is 19.6 Å². The number of amides is 1. The summed E-state index contributed by atoms with van der Waals surface area (Å²) in [6, 6.07) is 5.20. The molecule has 1 aromatic rings. The van der Waals surface area contributed by atoms with E-state index >= 15 is 0 Å². The Balaban J connectivity index is 1.97. The molecule has 1 N–H and O–H groups in total. The van der Waals surface area contributed by atoms with Crippen LogP contribution in [0.15, 0.2) is 24.3 Å². The number of nitrogens with one attached hydrogen (secondary N) is 1. The number of rotatable bonds is 2. The van der Waals surface area contributed by atoms with Crippen molar-refractivity contribution in [1.82, 2.24) is 10.2 Å². The molecule has 2 aliphatic heterocycles. The fraction of sp³-hybridized carbons (Fsp3) is 0.500. The number of nitrogens with zero attached hydrogens (tertiary/aromatic N) is 1. The Bertz CT molecular complexity index is 541. The van der Waals surface area contributed by atoms with Crippen molar-refractivity contribution in [3.8, 4) is 0 Å². The second-order valence-corrected chi connectivity index (χ2v) is 5.19. The average Bonchev–Trinajstić information content (AvgIpc) is 3.06. The van der Waals surface area contributed by atoms with Crippen molar-refractivity contribution in [3.05, 3.63) is 35.4 Å². The van der Waals surface area contributed by atoms with E-state index in [1.165, 1.54) is 17.0 Å². The number of carbonyl (C=O) groups is 1. The van der Waals surface area contributed by atoms with Crippen LogP contribution in [0.4, 0.5) is 13.2 Å². The Labute approximate surface area is 119 Å².